The number of phenols is 1. The van der Waals surface area contributed by atoms with Gasteiger partial charge in [-0.15, -0.1) is 0 Å². The minimum absolute atomic E-state index is 0.138. The van der Waals surface area contributed by atoms with E-state index in [2.05, 4.69) is 0 Å². The molecule has 0 bridgehead atoms. The van der Waals surface area contributed by atoms with Crippen molar-refractivity contribution in [3.8, 4) is 5.75 Å². The van der Waals surface area contributed by atoms with Crippen LogP contribution in [-0.2, 0) is 6.42 Å². The molecule has 0 amide bonds. The maximum atomic E-state index is 13.2. The SMILES string of the molecule is O=C(O)c1cc(Cc2ccccc2O)ccc1F. The van der Waals surface area contributed by atoms with Crippen molar-refractivity contribution in [3.05, 3.63) is 65.0 Å². The molecular formula is C14H11FO3. The molecule has 4 heteroatoms. The molecule has 2 aromatic carbocycles. The molecule has 0 radical (unpaired) electrons. The van der Waals surface area contributed by atoms with Crippen molar-refractivity contribution in [2.24, 2.45) is 0 Å². The Bertz CT molecular complexity index is 593. The normalized spacial score (nSPS) is 10.3. The molecule has 18 heavy (non-hydrogen) atoms. The summed E-state index contributed by atoms with van der Waals surface area (Å²) < 4.78 is 13.2. The minimum Gasteiger partial charge on any atom is -0.508 e. The van der Waals surface area contributed by atoms with E-state index in [-0.39, 0.29) is 11.3 Å². The molecule has 0 atom stereocenters. The zero-order chi connectivity index (χ0) is 13.1. The number of aromatic carboxylic acids is 1. The van der Waals surface area contributed by atoms with Crippen LogP contribution in [0.5, 0.6) is 5.75 Å². The van der Waals surface area contributed by atoms with Crippen molar-refractivity contribution in [1.82, 2.24) is 0 Å². The topological polar surface area (TPSA) is 57.5 Å². The number of benzene rings is 2. The summed E-state index contributed by atoms with van der Waals surface area (Å²) in [6, 6.07) is 10.7. The zero-order valence-corrected chi connectivity index (χ0v) is 9.43. The van der Waals surface area contributed by atoms with Crippen molar-refractivity contribution in [1.29, 1.82) is 0 Å². The largest absolute Gasteiger partial charge is 0.508 e. The molecule has 2 N–H and O–H groups in total. The summed E-state index contributed by atoms with van der Waals surface area (Å²) >= 11 is 0. The van der Waals surface area contributed by atoms with E-state index in [0.29, 0.717) is 17.5 Å². The van der Waals surface area contributed by atoms with Gasteiger partial charge < -0.3 is 10.2 Å². The Morgan fingerprint density at radius 3 is 2.56 bits per heavy atom. The molecule has 2 aromatic rings. The third-order valence-corrected chi connectivity index (χ3v) is 2.65. The molecule has 0 aliphatic heterocycles. The molecule has 3 nitrogen and oxygen atoms in total. The minimum atomic E-state index is -1.30. The first-order valence-corrected chi connectivity index (χ1v) is 5.36. The van der Waals surface area contributed by atoms with Crippen molar-refractivity contribution in [2.75, 3.05) is 0 Å². The molecule has 0 spiro atoms. The van der Waals surface area contributed by atoms with Gasteiger partial charge in [-0.3, -0.25) is 0 Å². The van der Waals surface area contributed by atoms with Crippen molar-refractivity contribution in [3.63, 3.8) is 0 Å². The van der Waals surface area contributed by atoms with Gasteiger partial charge in [-0.2, -0.15) is 0 Å². The van der Waals surface area contributed by atoms with Gasteiger partial charge in [0.05, 0.1) is 5.56 Å². The lowest BCUT2D eigenvalue weighted by Crippen LogP contribution is -2.02. The fraction of sp³-hybridized carbons (Fsp3) is 0.0714. The van der Waals surface area contributed by atoms with Crippen LogP contribution in [0.2, 0.25) is 0 Å². The number of carboxylic acid groups (broad SMARTS) is 1. The maximum Gasteiger partial charge on any atom is 0.338 e. The fourth-order valence-electron chi connectivity index (χ4n) is 1.73. The molecule has 0 unspecified atom stereocenters. The second-order valence-corrected chi connectivity index (χ2v) is 3.92. The first kappa shape index (κ1) is 12.1. The van der Waals surface area contributed by atoms with E-state index in [1.54, 1.807) is 24.3 Å². The van der Waals surface area contributed by atoms with Crippen LogP contribution in [-0.4, -0.2) is 16.2 Å². The van der Waals surface area contributed by atoms with Crippen LogP contribution in [0.1, 0.15) is 21.5 Å². The number of hydrogen-bond acceptors (Lipinski definition) is 2. The molecule has 92 valence electrons. The number of aromatic hydroxyl groups is 1. The van der Waals surface area contributed by atoms with Gasteiger partial charge in [0.2, 0.25) is 0 Å². The molecule has 0 saturated heterocycles. The highest BCUT2D eigenvalue weighted by molar-refractivity contribution is 5.88. The maximum absolute atomic E-state index is 13.2. The third-order valence-electron chi connectivity index (χ3n) is 2.65. The Kier molecular flexibility index (Phi) is 3.28. The molecule has 0 aliphatic carbocycles. The monoisotopic (exact) mass is 246 g/mol. The average molecular weight is 246 g/mol. The van der Waals surface area contributed by atoms with Crippen LogP contribution in [0.4, 0.5) is 4.39 Å². The smallest absolute Gasteiger partial charge is 0.338 e. The summed E-state index contributed by atoms with van der Waals surface area (Å²) in [6.07, 6.45) is 0.354. The standard InChI is InChI=1S/C14H11FO3/c15-12-6-5-9(8-11(12)14(17)18)7-10-3-1-2-4-13(10)16/h1-6,8,16H,7H2,(H,17,18). The fourth-order valence-corrected chi connectivity index (χ4v) is 1.73. The summed E-state index contributed by atoms with van der Waals surface area (Å²) in [5.74, 6) is -1.92. The van der Waals surface area contributed by atoms with Crippen LogP contribution in [0, 0.1) is 5.82 Å². The van der Waals surface area contributed by atoms with E-state index in [1.807, 2.05) is 0 Å². The number of phenolic OH excluding ortho intramolecular Hbond substituents is 1. The van der Waals surface area contributed by atoms with E-state index < -0.39 is 11.8 Å². The Morgan fingerprint density at radius 1 is 1.17 bits per heavy atom. The molecule has 0 fully saturated rings. The lowest BCUT2D eigenvalue weighted by atomic mass is 10.0. The molecule has 0 aromatic heterocycles. The second-order valence-electron chi connectivity index (χ2n) is 3.92. The van der Waals surface area contributed by atoms with Crippen LogP contribution in [0.25, 0.3) is 0 Å². The van der Waals surface area contributed by atoms with Gasteiger partial charge in [-0.05, 0) is 29.3 Å². The highest BCUT2D eigenvalue weighted by Crippen LogP contribution is 2.21. The third kappa shape index (κ3) is 2.48. The van der Waals surface area contributed by atoms with Gasteiger partial charge in [0.1, 0.15) is 11.6 Å². The number of para-hydroxylation sites is 1. The second kappa shape index (κ2) is 4.87. The first-order valence-electron chi connectivity index (χ1n) is 5.36. The average Bonchev–Trinajstić information content (AvgIpc) is 2.34. The summed E-state index contributed by atoms with van der Waals surface area (Å²) in [4.78, 5) is 10.8. The quantitative estimate of drug-likeness (QED) is 0.875. The van der Waals surface area contributed by atoms with E-state index in [1.165, 1.54) is 12.1 Å². The Hall–Kier alpha value is -2.36. The van der Waals surface area contributed by atoms with Gasteiger partial charge >= 0.3 is 5.97 Å². The molecule has 0 aliphatic rings. The van der Waals surface area contributed by atoms with Crippen LogP contribution >= 0.6 is 0 Å². The number of hydrogen-bond donors (Lipinski definition) is 2. The number of halogens is 1. The lowest BCUT2D eigenvalue weighted by Gasteiger charge is -2.06. The summed E-state index contributed by atoms with van der Waals surface area (Å²) in [7, 11) is 0. The summed E-state index contributed by atoms with van der Waals surface area (Å²) in [5, 5.41) is 18.4. The highest BCUT2D eigenvalue weighted by Gasteiger charge is 2.11. The van der Waals surface area contributed by atoms with E-state index >= 15 is 0 Å². The number of carbonyl (C=O) groups is 1. The van der Waals surface area contributed by atoms with Crippen LogP contribution in [0.15, 0.2) is 42.5 Å². The Labute approximate surface area is 103 Å². The predicted molar refractivity (Wildman–Crippen MR) is 64.3 cm³/mol. The molecule has 2 rings (SSSR count). The van der Waals surface area contributed by atoms with Gasteiger partial charge in [0.15, 0.2) is 0 Å². The van der Waals surface area contributed by atoms with E-state index in [4.69, 9.17) is 5.11 Å². The summed E-state index contributed by atoms with van der Waals surface area (Å²) in [5.41, 5.74) is 0.943. The number of carboxylic acids is 1. The van der Waals surface area contributed by atoms with Crippen molar-refractivity contribution < 1.29 is 19.4 Å². The molecular weight excluding hydrogens is 235 g/mol. The van der Waals surface area contributed by atoms with Gasteiger partial charge in [-0.25, -0.2) is 9.18 Å². The van der Waals surface area contributed by atoms with Gasteiger partial charge in [0, 0.05) is 6.42 Å². The molecule has 0 heterocycles. The lowest BCUT2D eigenvalue weighted by molar-refractivity contribution is 0.0691. The van der Waals surface area contributed by atoms with E-state index in [0.717, 1.165) is 6.07 Å². The van der Waals surface area contributed by atoms with Crippen LogP contribution < -0.4 is 0 Å². The van der Waals surface area contributed by atoms with Crippen LogP contribution in [0.3, 0.4) is 0 Å². The van der Waals surface area contributed by atoms with Crippen molar-refractivity contribution in [2.45, 2.75) is 6.42 Å². The van der Waals surface area contributed by atoms with Gasteiger partial charge in [0.25, 0.3) is 0 Å². The zero-order valence-electron chi connectivity index (χ0n) is 9.43. The number of rotatable bonds is 3. The predicted octanol–water partition coefficient (Wildman–Crippen LogP) is 2.82. The van der Waals surface area contributed by atoms with Crippen molar-refractivity contribution >= 4 is 5.97 Å². The molecule has 0 saturated carbocycles. The van der Waals surface area contributed by atoms with E-state index in [9.17, 15) is 14.3 Å². The Balaban J connectivity index is 2.33. The first-order chi connectivity index (χ1) is 8.58. The highest BCUT2D eigenvalue weighted by atomic mass is 19.1. The van der Waals surface area contributed by atoms with Gasteiger partial charge in [-0.1, -0.05) is 24.3 Å². The Morgan fingerprint density at radius 2 is 1.89 bits per heavy atom. The summed E-state index contributed by atoms with van der Waals surface area (Å²) in [6.45, 7) is 0.